The summed E-state index contributed by atoms with van der Waals surface area (Å²) in [6.45, 7) is 4.81. The summed E-state index contributed by atoms with van der Waals surface area (Å²) in [6, 6.07) is 0. The number of halogens is 1. The van der Waals surface area contributed by atoms with Crippen molar-refractivity contribution >= 4 is 5.97 Å². The maximum atomic E-state index is 13.3. The van der Waals surface area contributed by atoms with Crippen molar-refractivity contribution in [3.63, 3.8) is 0 Å². The predicted molar refractivity (Wildman–Crippen MR) is 45.8 cm³/mol. The van der Waals surface area contributed by atoms with Gasteiger partial charge >= 0.3 is 5.97 Å². The Balaban J connectivity index is 4.13. The highest BCUT2D eigenvalue weighted by molar-refractivity contribution is 5.67. The van der Waals surface area contributed by atoms with E-state index >= 15 is 0 Å². The molecular weight excluding hydrogens is 159 g/mol. The molecule has 0 saturated carbocycles. The zero-order valence-electron chi connectivity index (χ0n) is 7.93. The number of alkyl halides is 1. The first-order valence-electron chi connectivity index (χ1n) is 4.28. The standard InChI is InChI=1S/C9H17FO2/c1-4-5-7(6-8(11)12)9(2,3)10/h7H,4-6H2,1-3H3,(H,11,12). The van der Waals surface area contributed by atoms with Gasteiger partial charge in [0.25, 0.3) is 0 Å². The van der Waals surface area contributed by atoms with Gasteiger partial charge in [0.15, 0.2) is 0 Å². The van der Waals surface area contributed by atoms with Crippen molar-refractivity contribution < 1.29 is 14.3 Å². The Morgan fingerprint density at radius 2 is 2.08 bits per heavy atom. The zero-order valence-corrected chi connectivity index (χ0v) is 7.93. The van der Waals surface area contributed by atoms with Crippen LogP contribution in [0, 0.1) is 5.92 Å². The van der Waals surface area contributed by atoms with Crippen molar-refractivity contribution in [1.82, 2.24) is 0 Å². The third kappa shape index (κ3) is 4.31. The van der Waals surface area contributed by atoms with E-state index in [4.69, 9.17) is 5.11 Å². The van der Waals surface area contributed by atoms with Gasteiger partial charge < -0.3 is 5.11 Å². The van der Waals surface area contributed by atoms with Crippen LogP contribution in [0.2, 0.25) is 0 Å². The van der Waals surface area contributed by atoms with Crippen molar-refractivity contribution in [3.8, 4) is 0 Å². The van der Waals surface area contributed by atoms with Crippen LogP contribution in [0.25, 0.3) is 0 Å². The quantitative estimate of drug-likeness (QED) is 0.699. The highest BCUT2D eigenvalue weighted by atomic mass is 19.1. The van der Waals surface area contributed by atoms with Crippen LogP contribution in [0.4, 0.5) is 4.39 Å². The smallest absolute Gasteiger partial charge is 0.303 e. The molecule has 3 heteroatoms. The molecule has 0 aromatic heterocycles. The summed E-state index contributed by atoms with van der Waals surface area (Å²) in [7, 11) is 0. The van der Waals surface area contributed by atoms with Gasteiger partial charge in [0.05, 0.1) is 6.42 Å². The van der Waals surface area contributed by atoms with Crippen LogP contribution in [-0.4, -0.2) is 16.7 Å². The molecule has 0 amide bonds. The fraction of sp³-hybridized carbons (Fsp3) is 0.889. The van der Waals surface area contributed by atoms with E-state index < -0.39 is 11.6 Å². The highest BCUT2D eigenvalue weighted by Gasteiger charge is 2.29. The van der Waals surface area contributed by atoms with Gasteiger partial charge in [0.1, 0.15) is 5.67 Å². The summed E-state index contributed by atoms with van der Waals surface area (Å²) in [5.74, 6) is -1.28. The summed E-state index contributed by atoms with van der Waals surface area (Å²) in [4.78, 5) is 10.4. The Morgan fingerprint density at radius 3 is 2.33 bits per heavy atom. The summed E-state index contributed by atoms with van der Waals surface area (Å²) in [5.41, 5.74) is -1.38. The summed E-state index contributed by atoms with van der Waals surface area (Å²) in [5, 5.41) is 8.51. The number of carboxylic acids is 1. The van der Waals surface area contributed by atoms with Crippen molar-refractivity contribution in [3.05, 3.63) is 0 Å². The first-order valence-corrected chi connectivity index (χ1v) is 4.28. The molecule has 72 valence electrons. The van der Waals surface area contributed by atoms with E-state index in [-0.39, 0.29) is 12.3 Å². The second-order valence-electron chi connectivity index (χ2n) is 3.65. The largest absolute Gasteiger partial charge is 0.481 e. The van der Waals surface area contributed by atoms with Crippen molar-refractivity contribution in [1.29, 1.82) is 0 Å². The number of hydrogen-bond acceptors (Lipinski definition) is 1. The lowest BCUT2D eigenvalue weighted by atomic mass is 9.86. The van der Waals surface area contributed by atoms with Crippen molar-refractivity contribution in [2.75, 3.05) is 0 Å². The fourth-order valence-electron chi connectivity index (χ4n) is 1.25. The van der Waals surface area contributed by atoms with Crippen molar-refractivity contribution in [2.24, 2.45) is 5.92 Å². The molecule has 2 nitrogen and oxygen atoms in total. The van der Waals surface area contributed by atoms with Gasteiger partial charge in [-0.05, 0) is 20.3 Å². The summed E-state index contributed by atoms with van der Waals surface area (Å²) >= 11 is 0. The second kappa shape index (κ2) is 4.43. The molecule has 0 bridgehead atoms. The van der Waals surface area contributed by atoms with E-state index in [1.165, 1.54) is 13.8 Å². The van der Waals surface area contributed by atoms with Gasteiger partial charge in [-0.25, -0.2) is 4.39 Å². The Morgan fingerprint density at radius 1 is 1.58 bits per heavy atom. The molecular formula is C9H17FO2. The molecule has 1 atom stereocenters. The molecule has 0 aliphatic heterocycles. The van der Waals surface area contributed by atoms with Gasteiger partial charge in [-0.2, -0.15) is 0 Å². The van der Waals surface area contributed by atoms with Gasteiger partial charge in [0.2, 0.25) is 0 Å². The van der Waals surface area contributed by atoms with Crippen LogP contribution in [0.3, 0.4) is 0 Å². The molecule has 0 heterocycles. The lowest BCUT2D eigenvalue weighted by Crippen LogP contribution is -2.28. The molecule has 0 saturated heterocycles. The maximum absolute atomic E-state index is 13.3. The minimum atomic E-state index is -1.38. The first kappa shape index (κ1) is 11.4. The minimum Gasteiger partial charge on any atom is -0.481 e. The molecule has 0 aliphatic rings. The zero-order chi connectivity index (χ0) is 9.78. The summed E-state index contributed by atoms with van der Waals surface area (Å²) in [6.07, 6.45) is 1.39. The Labute approximate surface area is 72.8 Å². The number of carboxylic acid groups (broad SMARTS) is 1. The van der Waals surface area contributed by atoms with E-state index in [1.807, 2.05) is 6.92 Å². The van der Waals surface area contributed by atoms with Crippen molar-refractivity contribution in [2.45, 2.75) is 45.7 Å². The van der Waals surface area contributed by atoms with Gasteiger partial charge in [0, 0.05) is 5.92 Å². The predicted octanol–water partition coefficient (Wildman–Crippen LogP) is 2.63. The molecule has 0 fully saturated rings. The fourth-order valence-corrected chi connectivity index (χ4v) is 1.25. The summed E-state index contributed by atoms with van der Waals surface area (Å²) < 4.78 is 13.3. The molecule has 1 N–H and O–H groups in total. The van der Waals surface area contributed by atoms with Crippen LogP contribution >= 0.6 is 0 Å². The Bertz CT molecular complexity index is 149. The van der Waals surface area contributed by atoms with E-state index in [0.29, 0.717) is 6.42 Å². The first-order chi connectivity index (χ1) is 5.38. The SMILES string of the molecule is CCCC(CC(=O)O)C(C)(C)F. The van der Waals surface area contributed by atoms with Gasteiger partial charge in [-0.3, -0.25) is 4.79 Å². The molecule has 12 heavy (non-hydrogen) atoms. The van der Waals surface area contributed by atoms with E-state index in [9.17, 15) is 9.18 Å². The number of hydrogen-bond donors (Lipinski definition) is 1. The van der Waals surface area contributed by atoms with Crippen LogP contribution in [0.1, 0.15) is 40.0 Å². The highest BCUT2D eigenvalue weighted by Crippen LogP contribution is 2.28. The topological polar surface area (TPSA) is 37.3 Å². The Hall–Kier alpha value is -0.600. The minimum absolute atomic E-state index is 0.0721. The van der Waals surface area contributed by atoms with E-state index in [1.54, 1.807) is 0 Å². The average molecular weight is 176 g/mol. The molecule has 0 spiro atoms. The lowest BCUT2D eigenvalue weighted by Gasteiger charge is -2.24. The molecule has 0 radical (unpaired) electrons. The molecule has 0 aliphatic carbocycles. The third-order valence-corrected chi connectivity index (χ3v) is 2.03. The van der Waals surface area contributed by atoms with Crippen LogP contribution < -0.4 is 0 Å². The normalized spacial score (nSPS) is 14.3. The van der Waals surface area contributed by atoms with Gasteiger partial charge in [-0.1, -0.05) is 13.3 Å². The van der Waals surface area contributed by atoms with E-state index in [0.717, 1.165) is 6.42 Å². The maximum Gasteiger partial charge on any atom is 0.303 e. The van der Waals surface area contributed by atoms with Gasteiger partial charge in [-0.15, -0.1) is 0 Å². The molecule has 0 aromatic rings. The van der Waals surface area contributed by atoms with Crippen LogP contribution in [0.5, 0.6) is 0 Å². The average Bonchev–Trinajstić information content (AvgIpc) is 1.83. The molecule has 0 aromatic carbocycles. The Kier molecular flexibility index (Phi) is 4.21. The van der Waals surface area contributed by atoms with Crippen LogP contribution in [-0.2, 0) is 4.79 Å². The lowest BCUT2D eigenvalue weighted by molar-refractivity contribution is -0.139. The van der Waals surface area contributed by atoms with E-state index in [2.05, 4.69) is 0 Å². The third-order valence-electron chi connectivity index (χ3n) is 2.03. The van der Waals surface area contributed by atoms with Crippen LogP contribution in [0.15, 0.2) is 0 Å². The monoisotopic (exact) mass is 176 g/mol. The molecule has 1 unspecified atom stereocenters. The number of aliphatic carboxylic acids is 1. The second-order valence-corrected chi connectivity index (χ2v) is 3.65. The molecule has 0 rings (SSSR count). The number of carbonyl (C=O) groups is 1. The number of rotatable bonds is 5.